The quantitative estimate of drug-likeness (QED) is 0.740. The standard InChI is InChI=1S/C15H27N3O3/c1-11-12(16)17-14(15(2,3)4)18-13(11)21-10-9-20-8-6-7-19-5/h6-10H2,1-5H3,(H2,16,17,18). The van der Waals surface area contributed by atoms with Gasteiger partial charge in [-0.15, -0.1) is 0 Å². The molecule has 1 heterocycles. The van der Waals surface area contributed by atoms with Gasteiger partial charge < -0.3 is 19.9 Å². The lowest BCUT2D eigenvalue weighted by molar-refractivity contribution is 0.0792. The Bertz CT molecular complexity index is 445. The second-order valence-electron chi connectivity index (χ2n) is 5.92. The van der Waals surface area contributed by atoms with Crippen LogP contribution in [0.1, 0.15) is 38.6 Å². The maximum atomic E-state index is 5.93. The van der Waals surface area contributed by atoms with Crippen molar-refractivity contribution in [3.05, 3.63) is 11.4 Å². The van der Waals surface area contributed by atoms with Crippen LogP contribution in [0.15, 0.2) is 0 Å². The zero-order chi connectivity index (χ0) is 15.9. The summed E-state index contributed by atoms with van der Waals surface area (Å²) in [5, 5.41) is 0. The monoisotopic (exact) mass is 297 g/mol. The Labute approximate surface area is 127 Å². The number of rotatable bonds is 8. The van der Waals surface area contributed by atoms with Gasteiger partial charge in [-0.1, -0.05) is 20.8 Å². The van der Waals surface area contributed by atoms with Crippen LogP contribution in [0.2, 0.25) is 0 Å². The molecule has 0 spiro atoms. The van der Waals surface area contributed by atoms with Crippen LogP contribution in [0, 0.1) is 6.92 Å². The summed E-state index contributed by atoms with van der Waals surface area (Å²) in [6, 6.07) is 0. The molecule has 0 saturated carbocycles. The maximum absolute atomic E-state index is 5.93. The second kappa shape index (κ2) is 8.14. The fourth-order valence-electron chi connectivity index (χ4n) is 1.59. The van der Waals surface area contributed by atoms with Crippen LogP contribution in [0.4, 0.5) is 5.82 Å². The van der Waals surface area contributed by atoms with E-state index in [1.165, 1.54) is 0 Å². The lowest BCUT2D eigenvalue weighted by Crippen LogP contribution is -2.19. The van der Waals surface area contributed by atoms with E-state index in [1.54, 1.807) is 7.11 Å². The largest absolute Gasteiger partial charge is 0.475 e. The molecule has 0 atom stereocenters. The Morgan fingerprint density at radius 3 is 2.38 bits per heavy atom. The summed E-state index contributed by atoms with van der Waals surface area (Å²) in [6.07, 6.45) is 0.879. The van der Waals surface area contributed by atoms with Gasteiger partial charge in [-0.25, -0.2) is 4.98 Å². The molecule has 6 nitrogen and oxygen atoms in total. The summed E-state index contributed by atoms with van der Waals surface area (Å²) < 4.78 is 16.1. The van der Waals surface area contributed by atoms with Crippen LogP contribution in [-0.4, -0.2) is 43.5 Å². The molecule has 0 aromatic carbocycles. The smallest absolute Gasteiger partial charge is 0.221 e. The van der Waals surface area contributed by atoms with E-state index < -0.39 is 0 Å². The maximum Gasteiger partial charge on any atom is 0.221 e. The molecule has 2 N–H and O–H groups in total. The molecular formula is C15H27N3O3. The Hall–Kier alpha value is -1.40. The molecule has 0 bridgehead atoms. The van der Waals surface area contributed by atoms with Crippen molar-refractivity contribution in [3.8, 4) is 5.88 Å². The van der Waals surface area contributed by atoms with Gasteiger partial charge >= 0.3 is 0 Å². The van der Waals surface area contributed by atoms with E-state index in [1.807, 2.05) is 27.7 Å². The molecular weight excluding hydrogens is 270 g/mol. The number of nitrogens with two attached hydrogens (primary N) is 1. The molecule has 0 fully saturated rings. The van der Waals surface area contributed by atoms with Gasteiger partial charge in [-0.05, 0) is 13.3 Å². The minimum Gasteiger partial charge on any atom is -0.475 e. The number of hydrogen-bond donors (Lipinski definition) is 1. The highest BCUT2D eigenvalue weighted by Gasteiger charge is 2.20. The molecule has 1 aromatic rings. The number of anilines is 1. The highest BCUT2D eigenvalue weighted by Crippen LogP contribution is 2.25. The highest BCUT2D eigenvalue weighted by atomic mass is 16.5. The SMILES string of the molecule is COCCCOCCOc1nc(C(C)(C)C)nc(N)c1C. The average Bonchev–Trinajstić information content (AvgIpc) is 2.41. The topological polar surface area (TPSA) is 79.5 Å². The first kappa shape index (κ1) is 17.7. The molecule has 0 aliphatic heterocycles. The van der Waals surface area contributed by atoms with Crippen LogP contribution < -0.4 is 10.5 Å². The number of ether oxygens (including phenoxy) is 3. The summed E-state index contributed by atoms with van der Waals surface area (Å²) in [7, 11) is 1.68. The van der Waals surface area contributed by atoms with Gasteiger partial charge in [0.15, 0.2) is 0 Å². The molecule has 1 aromatic heterocycles. The first-order chi connectivity index (χ1) is 9.86. The van der Waals surface area contributed by atoms with Crippen molar-refractivity contribution in [2.24, 2.45) is 0 Å². The minimum absolute atomic E-state index is 0.170. The minimum atomic E-state index is -0.170. The van der Waals surface area contributed by atoms with Crippen LogP contribution in [0.3, 0.4) is 0 Å². The number of hydrogen-bond acceptors (Lipinski definition) is 6. The second-order valence-corrected chi connectivity index (χ2v) is 5.92. The van der Waals surface area contributed by atoms with Gasteiger partial charge in [-0.3, -0.25) is 0 Å². The Morgan fingerprint density at radius 1 is 1.05 bits per heavy atom. The van der Waals surface area contributed by atoms with E-state index in [2.05, 4.69) is 9.97 Å². The van der Waals surface area contributed by atoms with Crippen LogP contribution in [0.5, 0.6) is 5.88 Å². The van der Waals surface area contributed by atoms with Crippen molar-refractivity contribution in [2.75, 3.05) is 39.3 Å². The van der Waals surface area contributed by atoms with Crippen LogP contribution >= 0.6 is 0 Å². The van der Waals surface area contributed by atoms with E-state index in [4.69, 9.17) is 19.9 Å². The zero-order valence-electron chi connectivity index (χ0n) is 13.7. The summed E-state index contributed by atoms with van der Waals surface area (Å²) >= 11 is 0. The van der Waals surface area contributed by atoms with E-state index in [-0.39, 0.29) is 5.41 Å². The van der Waals surface area contributed by atoms with Gasteiger partial charge in [0.2, 0.25) is 5.88 Å². The first-order valence-corrected chi connectivity index (χ1v) is 7.20. The van der Waals surface area contributed by atoms with E-state index >= 15 is 0 Å². The van der Waals surface area contributed by atoms with Crippen molar-refractivity contribution >= 4 is 5.82 Å². The average molecular weight is 297 g/mol. The molecule has 120 valence electrons. The lowest BCUT2D eigenvalue weighted by atomic mass is 9.95. The van der Waals surface area contributed by atoms with E-state index in [0.717, 1.165) is 12.0 Å². The van der Waals surface area contributed by atoms with E-state index in [0.29, 0.717) is 43.9 Å². The molecule has 0 aliphatic carbocycles. The van der Waals surface area contributed by atoms with Crippen molar-refractivity contribution in [1.82, 2.24) is 9.97 Å². The molecule has 0 amide bonds. The molecule has 0 radical (unpaired) electrons. The fourth-order valence-corrected chi connectivity index (χ4v) is 1.59. The molecule has 6 heteroatoms. The molecule has 21 heavy (non-hydrogen) atoms. The molecule has 1 rings (SSSR count). The normalized spacial score (nSPS) is 11.7. The molecule has 0 unspecified atom stereocenters. The summed E-state index contributed by atoms with van der Waals surface area (Å²) in [4.78, 5) is 8.79. The number of nitrogens with zero attached hydrogens (tertiary/aromatic N) is 2. The summed E-state index contributed by atoms with van der Waals surface area (Å²) in [6.45, 7) is 10.3. The third-order valence-electron chi connectivity index (χ3n) is 2.91. The zero-order valence-corrected chi connectivity index (χ0v) is 13.7. The van der Waals surface area contributed by atoms with Gasteiger partial charge in [0.25, 0.3) is 0 Å². The van der Waals surface area contributed by atoms with Gasteiger partial charge in [0.1, 0.15) is 18.2 Å². The lowest BCUT2D eigenvalue weighted by Gasteiger charge is -2.19. The Kier molecular flexibility index (Phi) is 6.84. The molecule has 0 aliphatic rings. The Balaban J connectivity index is 2.53. The molecule has 0 saturated heterocycles. The van der Waals surface area contributed by atoms with Crippen molar-refractivity contribution < 1.29 is 14.2 Å². The van der Waals surface area contributed by atoms with Gasteiger partial charge in [0.05, 0.1) is 12.2 Å². The van der Waals surface area contributed by atoms with Crippen molar-refractivity contribution in [3.63, 3.8) is 0 Å². The first-order valence-electron chi connectivity index (χ1n) is 7.20. The van der Waals surface area contributed by atoms with Gasteiger partial charge in [0, 0.05) is 25.7 Å². The van der Waals surface area contributed by atoms with Crippen molar-refractivity contribution in [1.29, 1.82) is 0 Å². The number of methoxy groups -OCH3 is 1. The van der Waals surface area contributed by atoms with Gasteiger partial charge in [-0.2, -0.15) is 4.98 Å². The summed E-state index contributed by atoms with van der Waals surface area (Å²) in [5.41, 5.74) is 6.52. The van der Waals surface area contributed by atoms with Crippen LogP contribution in [-0.2, 0) is 14.9 Å². The van der Waals surface area contributed by atoms with Crippen molar-refractivity contribution in [2.45, 2.75) is 39.5 Å². The fraction of sp³-hybridized carbons (Fsp3) is 0.733. The number of nitrogen functional groups attached to an aromatic ring is 1. The third-order valence-corrected chi connectivity index (χ3v) is 2.91. The predicted molar refractivity (Wildman–Crippen MR) is 82.7 cm³/mol. The highest BCUT2D eigenvalue weighted by molar-refractivity contribution is 5.45. The third kappa shape index (κ3) is 5.85. The predicted octanol–water partition coefficient (Wildman–Crippen LogP) is 2.10. The summed E-state index contributed by atoms with van der Waals surface area (Å²) in [5.74, 6) is 1.68. The van der Waals surface area contributed by atoms with Crippen LogP contribution in [0.25, 0.3) is 0 Å². The Morgan fingerprint density at radius 2 is 1.76 bits per heavy atom. The van der Waals surface area contributed by atoms with E-state index in [9.17, 15) is 0 Å². The number of aromatic nitrogens is 2.